The van der Waals surface area contributed by atoms with Crippen LogP contribution in [0.1, 0.15) is 17.0 Å². The first kappa shape index (κ1) is 22.3. The second-order valence-corrected chi connectivity index (χ2v) is 7.03. The lowest BCUT2D eigenvalue weighted by Crippen LogP contribution is -2.46. The third-order valence-corrected chi connectivity index (χ3v) is 5.11. The Morgan fingerprint density at radius 2 is 1.55 bits per heavy atom. The molecule has 1 aliphatic rings. The molecule has 31 heavy (non-hydrogen) atoms. The molecule has 1 aliphatic carbocycles. The lowest BCUT2D eigenvalue weighted by molar-refractivity contribution is -0.146. The van der Waals surface area contributed by atoms with Crippen molar-refractivity contribution in [3.8, 4) is 11.1 Å². The van der Waals surface area contributed by atoms with E-state index < -0.39 is 36.7 Å². The molecule has 0 aliphatic heterocycles. The molecule has 2 aromatic carbocycles. The average molecular weight is 428 g/mol. The minimum atomic E-state index is -1.73. The zero-order chi connectivity index (χ0) is 22.4. The van der Waals surface area contributed by atoms with E-state index in [1.165, 1.54) is 7.11 Å². The molecule has 3 rings (SSSR count). The summed E-state index contributed by atoms with van der Waals surface area (Å²) in [4.78, 5) is 34.8. The number of amides is 2. The van der Waals surface area contributed by atoms with E-state index in [0.717, 1.165) is 22.3 Å². The Morgan fingerprint density at radius 3 is 2.10 bits per heavy atom. The molecule has 0 bridgehead atoms. The van der Waals surface area contributed by atoms with Crippen LogP contribution >= 0.6 is 0 Å². The molecular formula is C22H24N2O7. The maximum absolute atomic E-state index is 12.2. The zero-order valence-electron chi connectivity index (χ0n) is 16.9. The lowest BCUT2D eigenvalue weighted by atomic mass is 9.98. The van der Waals surface area contributed by atoms with E-state index in [9.17, 15) is 19.5 Å². The van der Waals surface area contributed by atoms with E-state index in [1.54, 1.807) is 0 Å². The zero-order valence-corrected chi connectivity index (χ0v) is 16.9. The second-order valence-electron chi connectivity index (χ2n) is 7.03. The van der Waals surface area contributed by atoms with Gasteiger partial charge in [0.05, 0.1) is 13.1 Å². The van der Waals surface area contributed by atoms with Gasteiger partial charge in [0, 0.05) is 13.0 Å². The number of carbonyl (C=O) groups is 3. The number of aliphatic hydroxyl groups excluding tert-OH is 1. The van der Waals surface area contributed by atoms with Gasteiger partial charge in [0.25, 0.3) is 5.91 Å². The molecule has 9 heteroatoms. The highest BCUT2D eigenvalue weighted by molar-refractivity contribution is 5.83. The SMILES string of the molecule is COC(CNC(=O)OCC1c2ccccc2-c2ccccc21)C(=O)NCC(O)C(=O)O. The van der Waals surface area contributed by atoms with Crippen molar-refractivity contribution in [1.29, 1.82) is 0 Å². The van der Waals surface area contributed by atoms with E-state index in [1.807, 2.05) is 48.5 Å². The van der Waals surface area contributed by atoms with Crippen molar-refractivity contribution < 1.29 is 34.1 Å². The summed E-state index contributed by atoms with van der Waals surface area (Å²) < 4.78 is 10.4. The van der Waals surface area contributed by atoms with Crippen molar-refractivity contribution in [3.63, 3.8) is 0 Å². The van der Waals surface area contributed by atoms with E-state index in [-0.39, 0.29) is 19.1 Å². The molecule has 9 nitrogen and oxygen atoms in total. The second kappa shape index (κ2) is 10.1. The third-order valence-electron chi connectivity index (χ3n) is 5.11. The van der Waals surface area contributed by atoms with Crippen LogP contribution in [0.15, 0.2) is 48.5 Å². The van der Waals surface area contributed by atoms with Crippen LogP contribution in [-0.4, -0.2) is 67.2 Å². The molecule has 0 aromatic heterocycles. The maximum atomic E-state index is 12.2. The Labute approximate surface area is 179 Å². The Bertz CT molecular complexity index is 917. The van der Waals surface area contributed by atoms with Crippen molar-refractivity contribution in [2.24, 2.45) is 0 Å². The Morgan fingerprint density at radius 1 is 0.968 bits per heavy atom. The topological polar surface area (TPSA) is 134 Å². The number of aliphatic carboxylic acids is 1. The summed E-state index contributed by atoms with van der Waals surface area (Å²) in [5.41, 5.74) is 4.41. The van der Waals surface area contributed by atoms with Gasteiger partial charge < -0.3 is 30.3 Å². The Hall–Kier alpha value is -3.43. The summed E-state index contributed by atoms with van der Waals surface area (Å²) >= 11 is 0. The van der Waals surface area contributed by atoms with Crippen LogP contribution in [0.3, 0.4) is 0 Å². The Balaban J connectivity index is 1.52. The number of hydrogen-bond acceptors (Lipinski definition) is 6. The normalized spacial score (nSPS) is 14.1. The molecule has 2 atom stereocenters. The number of benzene rings is 2. The van der Waals surface area contributed by atoms with Crippen LogP contribution in [0.5, 0.6) is 0 Å². The number of nitrogens with one attached hydrogen (secondary N) is 2. The number of rotatable bonds is 9. The molecule has 164 valence electrons. The van der Waals surface area contributed by atoms with Gasteiger partial charge in [0.2, 0.25) is 0 Å². The molecule has 2 aromatic rings. The van der Waals surface area contributed by atoms with Crippen LogP contribution in [-0.2, 0) is 19.1 Å². The molecular weight excluding hydrogens is 404 g/mol. The van der Waals surface area contributed by atoms with Gasteiger partial charge in [-0.1, -0.05) is 48.5 Å². The molecule has 2 unspecified atom stereocenters. The van der Waals surface area contributed by atoms with E-state index in [2.05, 4.69) is 10.6 Å². The number of ether oxygens (including phenoxy) is 2. The minimum absolute atomic E-state index is 0.0859. The fourth-order valence-corrected chi connectivity index (χ4v) is 3.51. The van der Waals surface area contributed by atoms with Crippen molar-refractivity contribution in [2.45, 2.75) is 18.1 Å². The number of methoxy groups -OCH3 is 1. The van der Waals surface area contributed by atoms with Gasteiger partial charge in [-0.25, -0.2) is 9.59 Å². The van der Waals surface area contributed by atoms with Crippen LogP contribution < -0.4 is 10.6 Å². The summed E-state index contributed by atoms with van der Waals surface area (Å²) in [5.74, 6) is -2.20. The highest BCUT2D eigenvalue weighted by atomic mass is 16.5. The van der Waals surface area contributed by atoms with Gasteiger partial charge in [0.1, 0.15) is 6.61 Å². The highest BCUT2D eigenvalue weighted by Crippen LogP contribution is 2.44. The predicted molar refractivity (Wildman–Crippen MR) is 111 cm³/mol. The van der Waals surface area contributed by atoms with Gasteiger partial charge in [-0.05, 0) is 22.3 Å². The van der Waals surface area contributed by atoms with Crippen LogP contribution in [0.2, 0.25) is 0 Å². The summed E-state index contributed by atoms with van der Waals surface area (Å²) in [7, 11) is 1.28. The van der Waals surface area contributed by atoms with Gasteiger partial charge in [-0.2, -0.15) is 0 Å². The fraction of sp³-hybridized carbons (Fsp3) is 0.318. The number of carboxylic acids is 1. The number of carbonyl (C=O) groups excluding carboxylic acids is 2. The molecule has 0 spiro atoms. The molecule has 0 saturated heterocycles. The molecule has 0 saturated carbocycles. The Kier molecular flexibility index (Phi) is 7.22. The molecule has 0 heterocycles. The van der Waals surface area contributed by atoms with Crippen molar-refractivity contribution in [1.82, 2.24) is 10.6 Å². The van der Waals surface area contributed by atoms with Gasteiger partial charge in [0.15, 0.2) is 12.2 Å². The third kappa shape index (κ3) is 5.19. The smallest absolute Gasteiger partial charge is 0.407 e. The van der Waals surface area contributed by atoms with Gasteiger partial charge >= 0.3 is 12.1 Å². The van der Waals surface area contributed by atoms with Gasteiger partial charge in [-0.3, -0.25) is 4.79 Å². The van der Waals surface area contributed by atoms with Crippen molar-refractivity contribution in [3.05, 3.63) is 59.7 Å². The maximum Gasteiger partial charge on any atom is 0.407 e. The van der Waals surface area contributed by atoms with E-state index >= 15 is 0 Å². The highest BCUT2D eigenvalue weighted by Gasteiger charge is 2.29. The van der Waals surface area contributed by atoms with E-state index in [4.69, 9.17) is 14.6 Å². The van der Waals surface area contributed by atoms with Crippen molar-refractivity contribution in [2.75, 3.05) is 26.8 Å². The summed E-state index contributed by atoms with van der Waals surface area (Å²) in [6.07, 6.45) is -3.50. The summed E-state index contributed by atoms with van der Waals surface area (Å²) in [5, 5.41) is 22.6. The lowest BCUT2D eigenvalue weighted by Gasteiger charge is -2.18. The number of hydrogen-bond donors (Lipinski definition) is 4. The first-order valence-electron chi connectivity index (χ1n) is 9.72. The minimum Gasteiger partial charge on any atom is -0.479 e. The number of carboxylic acid groups (broad SMARTS) is 1. The molecule has 0 fully saturated rings. The van der Waals surface area contributed by atoms with Crippen LogP contribution in [0.25, 0.3) is 11.1 Å². The first-order valence-corrected chi connectivity index (χ1v) is 9.72. The predicted octanol–water partition coefficient (Wildman–Crippen LogP) is 1.10. The number of fused-ring (bicyclic) bond motifs is 3. The average Bonchev–Trinajstić information content (AvgIpc) is 3.10. The number of alkyl carbamates (subject to hydrolysis) is 1. The summed E-state index contributed by atoms with van der Waals surface area (Å²) in [6.45, 7) is -0.518. The monoisotopic (exact) mass is 428 g/mol. The largest absolute Gasteiger partial charge is 0.479 e. The quantitative estimate of drug-likeness (QED) is 0.470. The van der Waals surface area contributed by atoms with Crippen LogP contribution in [0, 0.1) is 0 Å². The first-order chi connectivity index (χ1) is 14.9. The number of aliphatic hydroxyl groups is 1. The molecule has 4 N–H and O–H groups in total. The standard InChI is InChI=1S/C22H24N2O7/c1-30-19(20(26)23-10-18(25)21(27)28)11-24-22(29)31-12-17-15-8-4-2-6-13(15)14-7-3-5-9-16(14)17/h2-9,17-19,25H,10-12H2,1H3,(H,23,26)(H,24,29)(H,27,28). The molecule has 0 radical (unpaired) electrons. The van der Waals surface area contributed by atoms with Gasteiger partial charge in [-0.15, -0.1) is 0 Å². The summed E-state index contributed by atoms with van der Waals surface area (Å²) in [6, 6.07) is 15.9. The molecule has 2 amide bonds. The fourth-order valence-electron chi connectivity index (χ4n) is 3.51. The van der Waals surface area contributed by atoms with E-state index in [0.29, 0.717) is 0 Å². The van der Waals surface area contributed by atoms with Crippen molar-refractivity contribution >= 4 is 18.0 Å². The van der Waals surface area contributed by atoms with Crippen LogP contribution in [0.4, 0.5) is 4.79 Å².